The number of aryl methyl sites for hydroxylation is 1. The number of carboxylic acids is 1. The number of halogens is 6. The van der Waals surface area contributed by atoms with Gasteiger partial charge in [0.2, 0.25) is 0 Å². The first-order valence-corrected chi connectivity index (χ1v) is 7.99. The van der Waals surface area contributed by atoms with Crippen LogP contribution in [0.2, 0.25) is 10.0 Å². The van der Waals surface area contributed by atoms with Gasteiger partial charge in [-0.3, -0.25) is 0 Å². The second-order valence-electron chi connectivity index (χ2n) is 5.56. The average Bonchev–Trinajstić information content (AvgIpc) is 2.51. The maximum absolute atomic E-state index is 13.5. The van der Waals surface area contributed by atoms with E-state index in [4.69, 9.17) is 28.3 Å². The third kappa shape index (κ3) is 4.56. The zero-order valence-electron chi connectivity index (χ0n) is 13.2. The van der Waals surface area contributed by atoms with Crippen LogP contribution < -0.4 is 0 Å². The summed E-state index contributed by atoms with van der Waals surface area (Å²) in [6.45, 7) is 1.54. The predicted molar refractivity (Wildman–Crippen MR) is 92.4 cm³/mol. The van der Waals surface area contributed by atoms with Gasteiger partial charge >= 0.3 is 12.1 Å². The number of benzene rings is 2. The van der Waals surface area contributed by atoms with E-state index in [1.807, 2.05) is 0 Å². The van der Waals surface area contributed by atoms with Crippen molar-refractivity contribution >= 4 is 35.2 Å². The van der Waals surface area contributed by atoms with Crippen LogP contribution in [-0.2, 0) is 0 Å². The van der Waals surface area contributed by atoms with E-state index in [-0.39, 0.29) is 11.1 Å². The molecule has 0 aliphatic carbocycles. The molecule has 26 heavy (non-hydrogen) atoms. The number of hydrogen-bond donors (Lipinski definition) is 1. The van der Waals surface area contributed by atoms with E-state index in [1.165, 1.54) is 24.3 Å². The number of aromatic carboxylic acids is 1. The zero-order valence-corrected chi connectivity index (χ0v) is 14.8. The molecule has 0 saturated carbocycles. The molecule has 1 atom stereocenters. The fourth-order valence-corrected chi connectivity index (χ4v) is 2.91. The molecule has 0 aliphatic heterocycles. The van der Waals surface area contributed by atoms with Crippen LogP contribution in [-0.4, -0.2) is 17.3 Å². The van der Waals surface area contributed by atoms with Gasteiger partial charge in [0.1, 0.15) is 0 Å². The standard InChI is InChI=1S/C18H12Cl2F4O2/c1-9-6-10(2-4-12(9)17(25)26)3-5-13(18(22,23)24)11-7-14(19)16(21)15(20)8-11/h2-8,13H,1H3,(H,25,26)/b5-3+. The molecule has 138 valence electrons. The Morgan fingerprint density at radius 2 is 1.73 bits per heavy atom. The highest BCUT2D eigenvalue weighted by atomic mass is 35.5. The number of allylic oxidation sites excluding steroid dienone is 1. The summed E-state index contributed by atoms with van der Waals surface area (Å²) in [6.07, 6.45) is -2.56. The molecule has 0 saturated heterocycles. The second kappa shape index (κ2) is 7.68. The Balaban J connectivity index is 2.42. The Morgan fingerprint density at radius 1 is 1.15 bits per heavy atom. The van der Waals surface area contributed by atoms with Crippen molar-refractivity contribution in [1.29, 1.82) is 0 Å². The SMILES string of the molecule is Cc1cc(/C=C/C(c2cc(Cl)c(F)c(Cl)c2)C(F)(F)F)ccc1C(=O)O. The Labute approximate surface area is 156 Å². The van der Waals surface area contributed by atoms with E-state index in [2.05, 4.69) is 0 Å². The molecule has 1 unspecified atom stereocenters. The minimum atomic E-state index is -4.66. The topological polar surface area (TPSA) is 37.3 Å². The lowest BCUT2D eigenvalue weighted by molar-refractivity contribution is -0.139. The molecule has 0 spiro atoms. The Bertz CT molecular complexity index is 853. The van der Waals surface area contributed by atoms with Crippen LogP contribution in [0.5, 0.6) is 0 Å². The van der Waals surface area contributed by atoms with Crippen LogP contribution in [0.25, 0.3) is 6.08 Å². The lowest BCUT2D eigenvalue weighted by Gasteiger charge is -2.18. The van der Waals surface area contributed by atoms with Gasteiger partial charge in [-0.2, -0.15) is 13.2 Å². The molecule has 8 heteroatoms. The molecule has 0 amide bonds. The summed E-state index contributed by atoms with van der Waals surface area (Å²) >= 11 is 11.2. The molecule has 0 bridgehead atoms. The van der Waals surface area contributed by atoms with Gasteiger partial charge in [0, 0.05) is 0 Å². The largest absolute Gasteiger partial charge is 0.478 e. The summed E-state index contributed by atoms with van der Waals surface area (Å²) in [5.74, 6) is -4.17. The summed E-state index contributed by atoms with van der Waals surface area (Å²) in [5.41, 5.74) is 0.563. The fraction of sp³-hybridized carbons (Fsp3) is 0.167. The molecule has 2 aromatic carbocycles. The maximum atomic E-state index is 13.5. The number of alkyl halides is 3. The fourth-order valence-electron chi connectivity index (χ4n) is 2.40. The first-order valence-electron chi connectivity index (χ1n) is 7.24. The quantitative estimate of drug-likeness (QED) is 0.464. The van der Waals surface area contributed by atoms with Gasteiger partial charge in [0.15, 0.2) is 5.82 Å². The van der Waals surface area contributed by atoms with Crippen molar-refractivity contribution in [3.8, 4) is 0 Å². The van der Waals surface area contributed by atoms with Gasteiger partial charge in [0.05, 0.1) is 21.5 Å². The van der Waals surface area contributed by atoms with Gasteiger partial charge < -0.3 is 5.11 Å². The van der Waals surface area contributed by atoms with E-state index < -0.39 is 33.9 Å². The van der Waals surface area contributed by atoms with Crippen LogP contribution in [0.15, 0.2) is 36.4 Å². The molecule has 0 fully saturated rings. The van der Waals surface area contributed by atoms with Crippen molar-refractivity contribution in [2.45, 2.75) is 19.0 Å². The number of rotatable bonds is 4. The molecule has 0 aromatic heterocycles. The molecule has 0 aliphatic rings. The predicted octanol–water partition coefficient (Wildman–Crippen LogP) is 6.50. The van der Waals surface area contributed by atoms with E-state index in [0.717, 1.165) is 18.2 Å². The van der Waals surface area contributed by atoms with Crippen molar-refractivity contribution < 1.29 is 27.5 Å². The van der Waals surface area contributed by atoms with Gasteiger partial charge in [0.25, 0.3) is 0 Å². The van der Waals surface area contributed by atoms with Crippen LogP contribution in [0, 0.1) is 12.7 Å². The first kappa shape index (κ1) is 20.3. The summed E-state index contributed by atoms with van der Waals surface area (Å²) in [4.78, 5) is 11.0. The van der Waals surface area contributed by atoms with Crippen LogP contribution in [0.1, 0.15) is 33.0 Å². The molecular formula is C18H12Cl2F4O2. The highest BCUT2D eigenvalue weighted by Crippen LogP contribution is 2.39. The molecule has 2 nitrogen and oxygen atoms in total. The van der Waals surface area contributed by atoms with Crippen LogP contribution in [0.4, 0.5) is 17.6 Å². The van der Waals surface area contributed by atoms with Crippen molar-refractivity contribution in [3.05, 3.63) is 74.5 Å². The van der Waals surface area contributed by atoms with Crippen molar-refractivity contribution in [2.75, 3.05) is 0 Å². The maximum Gasteiger partial charge on any atom is 0.399 e. The summed E-state index contributed by atoms with van der Waals surface area (Å²) < 4.78 is 53.7. The lowest BCUT2D eigenvalue weighted by atomic mass is 9.96. The van der Waals surface area contributed by atoms with Crippen molar-refractivity contribution in [1.82, 2.24) is 0 Å². The Hall–Kier alpha value is -2.05. The monoisotopic (exact) mass is 406 g/mol. The minimum absolute atomic E-state index is 0.0617. The molecule has 1 N–H and O–H groups in total. The van der Waals surface area contributed by atoms with E-state index in [9.17, 15) is 22.4 Å². The Kier molecular flexibility index (Phi) is 5.98. The van der Waals surface area contributed by atoms with Crippen molar-refractivity contribution in [2.24, 2.45) is 0 Å². The third-order valence-corrected chi connectivity index (χ3v) is 4.23. The molecular weight excluding hydrogens is 395 g/mol. The molecule has 0 heterocycles. The normalized spacial score (nSPS) is 13.2. The van der Waals surface area contributed by atoms with E-state index in [0.29, 0.717) is 11.1 Å². The average molecular weight is 407 g/mol. The number of hydrogen-bond acceptors (Lipinski definition) is 1. The smallest absolute Gasteiger partial charge is 0.399 e. The van der Waals surface area contributed by atoms with Gasteiger partial charge in [-0.05, 0) is 41.8 Å². The third-order valence-electron chi connectivity index (χ3n) is 3.68. The summed E-state index contributed by atoms with van der Waals surface area (Å²) in [6, 6.07) is 5.92. The summed E-state index contributed by atoms with van der Waals surface area (Å²) in [7, 11) is 0. The highest BCUT2D eigenvalue weighted by Gasteiger charge is 2.39. The minimum Gasteiger partial charge on any atom is -0.478 e. The Morgan fingerprint density at radius 3 is 2.19 bits per heavy atom. The summed E-state index contributed by atoms with van der Waals surface area (Å²) in [5, 5.41) is 7.98. The number of carboxylic acid groups (broad SMARTS) is 1. The molecule has 2 rings (SSSR count). The van der Waals surface area contributed by atoms with Crippen LogP contribution in [0.3, 0.4) is 0 Å². The van der Waals surface area contributed by atoms with Gasteiger partial charge in [-0.25, -0.2) is 9.18 Å². The highest BCUT2D eigenvalue weighted by molar-refractivity contribution is 6.35. The second-order valence-corrected chi connectivity index (χ2v) is 6.37. The van der Waals surface area contributed by atoms with Gasteiger partial charge in [-0.1, -0.05) is 47.5 Å². The molecule has 0 radical (unpaired) electrons. The van der Waals surface area contributed by atoms with Crippen molar-refractivity contribution in [3.63, 3.8) is 0 Å². The van der Waals surface area contributed by atoms with E-state index in [1.54, 1.807) is 6.92 Å². The van der Waals surface area contributed by atoms with Crippen LogP contribution >= 0.6 is 23.2 Å². The van der Waals surface area contributed by atoms with E-state index >= 15 is 0 Å². The van der Waals surface area contributed by atoms with Gasteiger partial charge in [-0.15, -0.1) is 0 Å². The lowest BCUT2D eigenvalue weighted by Crippen LogP contribution is -2.19. The zero-order chi connectivity index (χ0) is 19.6. The molecule has 2 aromatic rings. The first-order chi connectivity index (χ1) is 12.0. The number of carbonyl (C=O) groups is 1.